The van der Waals surface area contributed by atoms with Crippen LogP contribution in [0.3, 0.4) is 0 Å². The molecule has 2 atom stereocenters. The van der Waals surface area contributed by atoms with Gasteiger partial charge in [0.05, 0.1) is 4.92 Å². The fourth-order valence-electron chi connectivity index (χ4n) is 2.75. The van der Waals surface area contributed by atoms with Gasteiger partial charge in [-0.3, -0.25) is 14.9 Å². The molecule has 1 fully saturated rings. The zero-order chi connectivity index (χ0) is 14.9. The first kappa shape index (κ1) is 17.4. The summed E-state index contributed by atoms with van der Waals surface area (Å²) >= 11 is 0. The fourth-order valence-corrected chi connectivity index (χ4v) is 2.75. The smallest absolute Gasteiger partial charge is 0.270 e. The van der Waals surface area contributed by atoms with E-state index in [2.05, 4.69) is 0 Å². The van der Waals surface area contributed by atoms with Crippen LogP contribution in [-0.2, 0) is 0 Å². The Balaban J connectivity index is 0.00000220. The van der Waals surface area contributed by atoms with E-state index >= 15 is 0 Å². The minimum atomic E-state index is -0.472. The van der Waals surface area contributed by atoms with Crippen LogP contribution in [0.15, 0.2) is 18.2 Å². The van der Waals surface area contributed by atoms with Crippen LogP contribution in [0.2, 0.25) is 0 Å². The van der Waals surface area contributed by atoms with Crippen molar-refractivity contribution in [1.29, 1.82) is 0 Å². The molecule has 2 unspecified atom stereocenters. The largest absolute Gasteiger partial charge is 0.336 e. The molecule has 0 radical (unpaired) electrons. The molecule has 1 aliphatic rings. The number of nitrogens with two attached hydrogens (primary N) is 1. The number of likely N-dealkylation sites (tertiary alicyclic amines) is 1. The number of hydrogen-bond acceptors (Lipinski definition) is 4. The van der Waals surface area contributed by atoms with Crippen LogP contribution < -0.4 is 5.73 Å². The molecular formula is C14H20ClN3O3. The third-order valence-corrected chi connectivity index (χ3v) is 3.78. The van der Waals surface area contributed by atoms with Crippen molar-refractivity contribution in [1.82, 2.24) is 4.90 Å². The molecule has 116 valence electrons. The predicted molar refractivity (Wildman–Crippen MR) is 82.7 cm³/mol. The van der Waals surface area contributed by atoms with Gasteiger partial charge in [0, 0.05) is 30.3 Å². The fraction of sp³-hybridized carbons (Fsp3) is 0.500. The van der Waals surface area contributed by atoms with Crippen molar-refractivity contribution in [3.8, 4) is 0 Å². The second kappa shape index (κ2) is 6.87. The molecule has 1 saturated heterocycles. The number of amides is 1. The van der Waals surface area contributed by atoms with Gasteiger partial charge in [0.15, 0.2) is 0 Å². The van der Waals surface area contributed by atoms with E-state index in [1.54, 1.807) is 17.9 Å². The van der Waals surface area contributed by atoms with Gasteiger partial charge in [-0.15, -0.1) is 12.4 Å². The second-order valence-electron chi connectivity index (χ2n) is 5.46. The Bertz CT molecular complexity index is 550. The molecule has 1 amide bonds. The maximum Gasteiger partial charge on any atom is 0.270 e. The van der Waals surface area contributed by atoms with Crippen LogP contribution in [0, 0.1) is 23.0 Å². The van der Waals surface area contributed by atoms with Crippen molar-refractivity contribution in [3.05, 3.63) is 39.4 Å². The van der Waals surface area contributed by atoms with E-state index in [-0.39, 0.29) is 30.0 Å². The van der Waals surface area contributed by atoms with Gasteiger partial charge in [-0.05, 0) is 44.4 Å². The molecule has 2 rings (SSSR count). The molecule has 0 spiro atoms. The van der Waals surface area contributed by atoms with Crippen LogP contribution in [0.5, 0.6) is 0 Å². The van der Waals surface area contributed by atoms with Gasteiger partial charge in [-0.25, -0.2) is 0 Å². The number of non-ortho nitro benzene ring substituents is 1. The zero-order valence-electron chi connectivity index (χ0n) is 12.1. The van der Waals surface area contributed by atoms with Crippen molar-refractivity contribution in [2.75, 3.05) is 13.1 Å². The summed E-state index contributed by atoms with van der Waals surface area (Å²) in [7, 11) is 0. The minimum absolute atomic E-state index is 0. The number of nitrogens with zero attached hydrogens (tertiary/aromatic N) is 2. The van der Waals surface area contributed by atoms with Crippen molar-refractivity contribution < 1.29 is 9.72 Å². The Kier molecular flexibility index (Phi) is 5.69. The number of nitro groups is 1. The lowest BCUT2D eigenvalue weighted by molar-refractivity contribution is -0.384. The van der Waals surface area contributed by atoms with Gasteiger partial charge in [0.1, 0.15) is 0 Å². The summed E-state index contributed by atoms with van der Waals surface area (Å²) in [5.41, 5.74) is 6.70. The predicted octanol–water partition coefficient (Wildman–Crippen LogP) is 2.13. The van der Waals surface area contributed by atoms with Gasteiger partial charge in [-0.2, -0.15) is 0 Å². The lowest BCUT2D eigenvalue weighted by Crippen LogP contribution is -2.34. The highest BCUT2D eigenvalue weighted by molar-refractivity contribution is 5.95. The summed E-state index contributed by atoms with van der Waals surface area (Å²) in [4.78, 5) is 24.7. The van der Waals surface area contributed by atoms with Gasteiger partial charge in [-0.1, -0.05) is 0 Å². The minimum Gasteiger partial charge on any atom is -0.336 e. The molecule has 21 heavy (non-hydrogen) atoms. The van der Waals surface area contributed by atoms with Gasteiger partial charge < -0.3 is 10.6 Å². The Morgan fingerprint density at radius 1 is 1.48 bits per heavy atom. The molecule has 0 aliphatic carbocycles. The monoisotopic (exact) mass is 313 g/mol. The topological polar surface area (TPSA) is 89.5 Å². The van der Waals surface area contributed by atoms with Crippen LogP contribution >= 0.6 is 12.4 Å². The Morgan fingerprint density at radius 2 is 2.14 bits per heavy atom. The van der Waals surface area contributed by atoms with Gasteiger partial charge in [0.2, 0.25) is 0 Å². The first-order valence-electron chi connectivity index (χ1n) is 6.69. The first-order chi connectivity index (χ1) is 9.42. The maximum atomic E-state index is 12.5. The third-order valence-electron chi connectivity index (χ3n) is 3.78. The molecule has 0 saturated carbocycles. The number of halogens is 1. The second-order valence-corrected chi connectivity index (χ2v) is 5.46. The van der Waals surface area contributed by atoms with E-state index in [9.17, 15) is 14.9 Å². The van der Waals surface area contributed by atoms with E-state index in [1.807, 2.05) is 6.92 Å². The van der Waals surface area contributed by atoms with Crippen LogP contribution in [0.4, 0.5) is 5.69 Å². The summed E-state index contributed by atoms with van der Waals surface area (Å²) in [5, 5.41) is 10.9. The number of hydrogen-bond donors (Lipinski definition) is 1. The van der Waals surface area contributed by atoms with Crippen LogP contribution in [0.25, 0.3) is 0 Å². The average Bonchev–Trinajstić information content (AvgIpc) is 2.78. The standard InChI is InChI=1S/C14H19N3O3.ClH/c1-9-3-12(6-13(4-9)17(19)20)14(18)16-8-11(7-15)5-10(16)2;/h3-4,6,10-11H,5,7-8,15H2,1-2H3;1H. The quantitative estimate of drug-likeness (QED) is 0.683. The van der Waals surface area contributed by atoms with Crippen molar-refractivity contribution in [2.24, 2.45) is 11.7 Å². The molecule has 0 bridgehead atoms. The molecule has 2 N–H and O–H groups in total. The summed E-state index contributed by atoms with van der Waals surface area (Å²) in [5.74, 6) is 0.161. The Labute approximate surface area is 129 Å². The van der Waals surface area contributed by atoms with Gasteiger partial charge in [0.25, 0.3) is 11.6 Å². The number of benzene rings is 1. The molecular weight excluding hydrogens is 294 g/mol. The lowest BCUT2D eigenvalue weighted by Gasteiger charge is -2.21. The first-order valence-corrected chi connectivity index (χ1v) is 6.69. The molecule has 1 aromatic carbocycles. The number of rotatable bonds is 3. The number of nitro benzene ring substituents is 1. The summed E-state index contributed by atoms with van der Waals surface area (Å²) in [6.07, 6.45) is 0.885. The Hall–Kier alpha value is -1.66. The molecule has 1 aromatic rings. The average molecular weight is 314 g/mol. The van der Waals surface area contributed by atoms with Crippen molar-refractivity contribution in [2.45, 2.75) is 26.3 Å². The molecule has 1 aliphatic heterocycles. The van der Waals surface area contributed by atoms with Crippen LogP contribution in [0.1, 0.15) is 29.3 Å². The highest BCUT2D eigenvalue weighted by atomic mass is 35.5. The molecule has 6 nitrogen and oxygen atoms in total. The van der Waals surface area contributed by atoms with Crippen molar-refractivity contribution >= 4 is 24.0 Å². The SMILES string of the molecule is Cc1cc(C(=O)N2CC(CN)CC2C)cc([N+](=O)[O-])c1.Cl. The lowest BCUT2D eigenvalue weighted by atomic mass is 10.1. The summed E-state index contributed by atoms with van der Waals surface area (Å²) in [6.45, 7) is 4.91. The maximum absolute atomic E-state index is 12.5. The molecule has 7 heteroatoms. The number of carbonyl (C=O) groups is 1. The number of carbonyl (C=O) groups excluding carboxylic acids is 1. The van der Waals surface area contributed by atoms with E-state index in [0.717, 1.165) is 6.42 Å². The van der Waals surface area contributed by atoms with E-state index < -0.39 is 4.92 Å². The third kappa shape index (κ3) is 3.71. The van der Waals surface area contributed by atoms with Crippen molar-refractivity contribution in [3.63, 3.8) is 0 Å². The number of aryl methyl sites for hydroxylation is 1. The zero-order valence-corrected chi connectivity index (χ0v) is 12.9. The van der Waals surface area contributed by atoms with E-state index in [1.165, 1.54) is 12.1 Å². The highest BCUT2D eigenvalue weighted by Crippen LogP contribution is 2.25. The van der Waals surface area contributed by atoms with E-state index in [4.69, 9.17) is 5.73 Å². The highest BCUT2D eigenvalue weighted by Gasteiger charge is 2.32. The normalized spacial score (nSPS) is 21.0. The Morgan fingerprint density at radius 3 is 2.67 bits per heavy atom. The van der Waals surface area contributed by atoms with Crippen LogP contribution in [-0.4, -0.2) is 34.9 Å². The van der Waals surface area contributed by atoms with E-state index in [0.29, 0.717) is 30.1 Å². The van der Waals surface area contributed by atoms with Gasteiger partial charge >= 0.3 is 0 Å². The molecule has 0 aromatic heterocycles. The molecule has 1 heterocycles. The summed E-state index contributed by atoms with van der Waals surface area (Å²) < 4.78 is 0. The summed E-state index contributed by atoms with van der Waals surface area (Å²) in [6, 6.07) is 4.62.